The van der Waals surface area contributed by atoms with Gasteiger partial charge in [0.05, 0.1) is 24.3 Å². The number of fused-ring (bicyclic) bond motifs is 1. The molecule has 3 aliphatic rings. The predicted octanol–water partition coefficient (Wildman–Crippen LogP) is 5.75. The van der Waals surface area contributed by atoms with Gasteiger partial charge in [0.25, 0.3) is 5.91 Å². The highest BCUT2D eigenvalue weighted by atomic mass is 19.4. The van der Waals surface area contributed by atoms with Gasteiger partial charge in [-0.05, 0) is 66.9 Å². The fourth-order valence-electron chi connectivity index (χ4n) is 6.44. The minimum atomic E-state index is -4.51. The fourth-order valence-corrected chi connectivity index (χ4v) is 6.44. The van der Waals surface area contributed by atoms with Crippen molar-refractivity contribution >= 4 is 17.8 Å². The summed E-state index contributed by atoms with van der Waals surface area (Å²) in [5.74, 6) is -0.291. The van der Waals surface area contributed by atoms with E-state index < -0.39 is 23.6 Å². The Bertz CT molecular complexity index is 1730. The molecule has 0 radical (unpaired) electrons. The van der Waals surface area contributed by atoms with Crippen molar-refractivity contribution < 1.29 is 41.8 Å². The zero-order chi connectivity index (χ0) is 34.0. The number of ether oxygens (including phenoxy) is 3. The van der Waals surface area contributed by atoms with Gasteiger partial charge in [0.15, 0.2) is 11.5 Å². The first kappa shape index (κ1) is 33.1. The maximum Gasteiger partial charge on any atom is 0.416 e. The van der Waals surface area contributed by atoms with Gasteiger partial charge in [-0.25, -0.2) is 4.79 Å². The van der Waals surface area contributed by atoms with E-state index in [4.69, 9.17) is 14.2 Å². The van der Waals surface area contributed by atoms with Crippen LogP contribution >= 0.6 is 0 Å². The quantitative estimate of drug-likeness (QED) is 0.284. The van der Waals surface area contributed by atoms with E-state index in [2.05, 4.69) is 4.90 Å². The Kier molecular flexibility index (Phi) is 9.45. The van der Waals surface area contributed by atoms with Crippen molar-refractivity contribution in [2.75, 3.05) is 39.6 Å². The number of halogens is 3. The first-order valence-electron chi connectivity index (χ1n) is 15.9. The lowest BCUT2D eigenvalue weighted by atomic mass is 9.83. The number of piperazine rings is 1. The van der Waals surface area contributed by atoms with Crippen molar-refractivity contribution in [2.45, 2.75) is 45.5 Å². The van der Waals surface area contributed by atoms with Crippen LogP contribution in [-0.2, 0) is 33.6 Å². The minimum Gasteiger partial charge on any atom is -0.463 e. The summed E-state index contributed by atoms with van der Waals surface area (Å²) >= 11 is 0. The highest BCUT2D eigenvalue weighted by Crippen LogP contribution is 2.39. The Morgan fingerprint density at radius 1 is 0.896 bits per heavy atom. The van der Waals surface area contributed by atoms with Crippen molar-refractivity contribution in [3.63, 3.8) is 0 Å². The van der Waals surface area contributed by atoms with Crippen LogP contribution in [0.1, 0.15) is 58.8 Å². The van der Waals surface area contributed by atoms with Gasteiger partial charge in [0.2, 0.25) is 12.7 Å². The zero-order valence-corrected chi connectivity index (χ0v) is 26.7. The second-order valence-corrected chi connectivity index (χ2v) is 12.0. The van der Waals surface area contributed by atoms with Gasteiger partial charge in [0.1, 0.15) is 0 Å². The van der Waals surface area contributed by atoms with Crippen molar-refractivity contribution in [1.82, 2.24) is 14.7 Å². The van der Waals surface area contributed by atoms with Crippen LogP contribution in [0.5, 0.6) is 11.5 Å². The number of rotatable bonds is 8. The molecule has 252 valence electrons. The smallest absolute Gasteiger partial charge is 0.416 e. The van der Waals surface area contributed by atoms with Gasteiger partial charge in [0, 0.05) is 56.3 Å². The Balaban J connectivity index is 1.14. The zero-order valence-electron chi connectivity index (χ0n) is 26.7. The normalized spacial score (nSPS) is 18.4. The predicted molar refractivity (Wildman–Crippen MR) is 169 cm³/mol. The van der Waals surface area contributed by atoms with Crippen molar-refractivity contribution in [3.05, 3.63) is 106 Å². The van der Waals surface area contributed by atoms with E-state index in [9.17, 15) is 27.6 Å². The number of carbonyl (C=O) groups excluding carboxylic acids is 3. The van der Waals surface area contributed by atoms with Crippen LogP contribution in [0.3, 0.4) is 0 Å². The van der Waals surface area contributed by atoms with Crippen LogP contribution in [0.15, 0.2) is 78.0 Å². The molecular formula is C36H36F3N3O6. The number of allylic oxidation sites excluding steroid dienone is 1. The molecule has 3 aliphatic heterocycles. The number of carbonyl (C=O) groups is 3. The SMILES string of the molecule is CCOC(=O)C1=C(C)N(Cc2cccc(C(=O)N3CCN(Cc4ccc5c(c4)OCO5)CC3)c2)C(=O)CC1c1ccc(C(F)(F)F)cc1. The largest absolute Gasteiger partial charge is 0.463 e. The molecule has 48 heavy (non-hydrogen) atoms. The van der Waals surface area contributed by atoms with E-state index >= 15 is 0 Å². The van der Waals surface area contributed by atoms with E-state index in [0.29, 0.717) is 48.6 Å². The third kappa shape index (κ3) is 7.03. The summed E-state index contributed by atoms with van der Waals surface area (Å²) in [5, 5.41) is 0. The summed E-state index contributed by atoms with van der Waals surface area (Å²) in [7, 11) is 0. The number of hydrogen-bond donors (Lipinski definition) is 0. The summed E-state index contributed by atoms with van der Waals surface area (Å²) in [4.78, 5) is 45.7. The molecule has 1 unspecified atom stereocenters. The van der Waals surface area contributed by atoms with Gasteiger partial charge in [-0.1, -0.05) is 30.3 Å². The molecule has 0 aromatic heterocycles. The number of hydrogen-bond acceptors (Lipinski definition) is 7. The second-order valence-electron chi connectivity index (χ2n) is 12.0. The third-order valence-electron chi connectivity index (χ3n) is 8.98. The van der Waals surface area contributed by atoms with E-state index in [0.717, 1.165) is 35.7 Å². The lowest BCUT2D eigenvalue weighted by Crippen LogP contribution is -2.48. The fraction of sp³-hybridized carbons (Fsp3) is 0.361. The molecule has 0 spiro atoms. The van der Waals surface area contributed by atoms with Crippen molar-refractivity contribution in [3.8, 4) is 11.5 Å². The highest BCUT2D eigenvalue weighted by Gasteiger charge is 2.38. The molecule has 0 saturated carbocycles. The molecule has 3 heterocycles. The topological polar surface area (TPSA) is 88.6 Å². The van der Waals surface area contributed by atoms with Gasteiger partial charge in [-0.3, -0.25) is 14.5 Å². The van der Waals surface area contributed by atoms with Gasteiger partial charge in [-0.2, -0.15) is 13.2 Å². The van der Waals surface area contributed by atoms with Crippen LogP contribution < -0.4 is 9.47 Å². The molecule has 1 saturated heterocycles. The standard InChI is InChI=1S/C36H36F3N3O6/c1-3-46-35(45)33-23(2)42(32(43)19-29(33)26-8-10-28(11-9-26)36(37,38)39)21-24-5-4-6-27(17-24)34(44)41-15-13-40(14-16-41)20-25-7-12-30-31(18-25)48-22-47-30/h4-12,17-18,29H,3,13-16,19-22H2,1-2H3. The average molecular weight is 664 g/mol. The van der Waals surface area contributed by atoms with Crippen molar-refractivity contribution in [1.29, 1.82) is 0 Å². The highest BCUT2D eigenvalue weighted by molar-refractivity contribution is 5.96. The summed E-state index contributed by atoms with van der Waals surface area (Å²) in [6, 6.07) is 17.5. The second kappa shape index (κ2) is 13.7. The number of nitrogens with zero attached hydrogens (tertiary/aromatic N) is 3. The van der Waals surface area contributed by atoms with Crippen LogP contribution in [0.4, 0.5) is 13.2 Å². The molecule has 2 amide bonds. The molecule has 0 N–H and O–H groups in total. The minimum absolute atomic E-state index is 0.0973. The Morgan fingerprint density at radius 2 is 1.60 bits per heavy atom. The number of alkyl halides is 3. The maximum atomic E-state index is 13.5. The summed E-state index contributed by atoms with van der Waals surface area (Å²) < 4.78 is 55.7. The monoisotopic (exact) mass is 663 g/mol. The van der Waals surface area contributed by atoms with E-state index in [1.165, 1.54) is 17.0 Å². The maximum absolute atomic E-state index is 13.5. The number of amides is 2. The van der Waals surface area contributed by atoms with Crippen molar-refractivity contribution in [2.24, 2.45) is 0 Å². The molecule has 0 bridgehead atoms. The van der Waals surface area contributed by atoms with Crippen LogP contribution in [0, 0.1) is 0 Å². The van der Waals surface area contributed by atoms with Gasteiger partial charge >= 0.3 is 12.1 Å². The average Bonchev–Trinajstić information content (AvgIpc) is 3.54. The molecular weight excluding hydrogens is 627 g/mol. The molecule has 12 heteroatoms. The van der Waals surface area contributed by atoms with Crippen LogP contribution in [-0.4, -0.2) is 72.1 Å². The molecule has 0 aliphatic carbocycles. The first-order chi connectivity index (χ1) is 23.0. The lowest BCUT2D eigenvalue weighted by Gasteiger charge is -2.35. The molecule has 9 nitrogen and oxygen atoms in total. The van der Waals surface area contributed by atoms with E-state index in [1.54, 1.807) is 32.0 Å². The Hall–Kier alpha value is -4.84. The van der Waals surface area contributed by atoms with Gasteiger partial charge < -0.3 is 24.0 Å². The molecule has 3 aromatic rings. The van der Waals surface area contributed by atoms with E-state index in [-0.39, 0.29) is 43.8 Å². The molecule has 1 fully saturated rings. The summed E-state index contributed by atoms with van der Waals surface area (Å²) in [6.45, 7) is 7.02. The number of benzene rings is 3. The summed E-state index contributed by atoms with van der Waals surface area (Å²) in [5.41, 5.74) is 2.50. The van der Waals surface area contributed by atoms with Crippen LogP contribution in [0.25, 0.3) is 0 Å². The Morgan fingerprint density at radius 3 is 2.31 bits per heavy atom. The Labute approximate surface area is 276 Å². The van der Waals surface area contributed by atoms with Crippen LogP contribution in [0.2, 0.25) is 0 Å². The summed E-state index contributed by atoms with van der Waals surface area (Å²) in [6.07, 6.45) is -4.63. The lowest BCUT2D eigenvalue weighted by molar-refractivity contribution is -0.140. The molecule has 3 aromatic carbocycles. The third-order valence-corrected chi connectivity index (χ3v) is 8.98. The molecule has 6 rings (SSSR count). The van der Waals surface area contributed by atoms with E-state index in [1.807, 2.05) is 29.2 Å². The first-order valence-corrected chi connectivity index (χ1v) is 15.9. The molecule has 1 atom stereocenters. The van der Waals surface area contributed by atoms with Gasteiger partial charge in [-0.15, -0.1) is 0 Å². The number of esters is 1.